The number of imidazole rings is 1. The number of amides is 1. The van der Waals surface area contributed by atoms with Gasteiger partial charge >= 0.3 is 0 Å². The summed E-state index contributed by atoms with van der Waals surface area (Å²) in [6, 6.07) is 8.61. The van der Waals surface area contributed by atoms with Crippen molar-refractivity contribution in [3.05, 3.63) is 71.0 Å². The standard InChI is InChI=1S/C17H12ClF2N3OS/c1-23-7-6-21-17(23)25-11-4-2-10(3-5-11)22-16(24)12-8-14(19)15(20)9-13(12)18/h2-9H,1H3,(H,22,24). The second kappa shape index (κ2) is 7.25. The lowest BCUT2D eigenvalue weighted by Gasteiger charge is -2.08. The first-order valence-electron chi connectivity index (χ1n) is 7.15. The van der Waals surface area contributed by atoms with E-state index in [1.54, 1.807) is 18.3 Å². The minimum Gasteiger partial charge on any atom is -0.329 e. The van der Waals surface area contributed by atoms with E-state index in [0.29, 0.717) is 5.69 Å². The number of aryl methyl sites for hydroxylation is 1. The summed E-state index contributed by atoms with van der Waals surface area (Å²) in [6.07, 6.45) is 3.56. The average molecular weight is 380 g/mol. The number of nitrogens with zero attached hydrogens (tertiary/aromatic N) is 2. The Morgan fingerprint density at radius 3 is 2.52 bits per heavy atom. The van der Waals surface area contributed by atoms with Crippen molar-refractivity contribution in [3.63, 3.8) is 0 Å². The number of benzene rings is 2. The van der Waals surface area contributed by atoms with Crippen LogP contribution in [0, 0.1) is 11.6 Å². The smallest absolute Gasteiger partial charge is 0.257 e. The van der Waals surface area contributed by atoms with Gasteiger partial charge in [-0.3, -0.25) is 4.79 Å². The van der Waals surface area contributed by atoms with Gasteiger partial charge in [0.15, 0.2) is 16.8 Å². The molecule has 2 aromatic carbocycles. The summed E-state index contributed by atoms with van der Waals surface area (Å²) in [5, 5.41) is 3.28. The number of nitrogens with one attached hydrogen (secondary N) is 1. The second-order valence-electron chi connectivity index (χ2n) is 5.15. The quantitative estimate of drug-likeness (QED) is 0.665. The Kier molecular flexibility index (Phi) is 5.06. The van der Waals surface area contributed by atoms with Crippen molar-refractivity contribution in [2.75, 3.05) is 5.32 Å². The van der Waals surface area contributed by atoms with E-state index in [9.17, 15) is 13.6 Å². The zero-order valence-corrected chi connectivity index (χ0v) is 14.5. The van der Waals surface area contributed by atoms with E-state index in [1.165, 1.54) is 11.8 Å². The molecule has 0 atom stereocenters. The van der Waals surface area contributed by atoms with E-state index < -0.39 is 17.5 Å². The van der Waals surface area contributed by atoms with E-state index in [0.717, 1.165) is 22.2 Å². The Bertz CT molecular complexity index is 928. The summed E-state index contributed by atoms with van der Waals surface area (Å²) in [6.45, 7) is 0. The number of carbonyl (C=O) groups excluding carboxylic acids is 1. The van der Waals surface area contributed by atoms with E-state index in [2.05, 4.69) is 10.3 Å². The fourth-order valence-corrected chi connectivity index (χ4v) is 3.09. The Morgan fingerprint density at radius 1 is 1.20 bits per heavy atom. The fourth-order valence-electron chi connectivity index (χ4n) is 2.06. The van der Waals surface area contributed by atoms with Crippen molar-refractivity contribution < 1.29 is 13.6 Å². The number of rotatable bonds is 4. The largest absolute Gasteiger partial charge is 0.329 e. The topological polar surface area (TPSA) is 46.9 Å². The first kappa shape index (κ1) is 17.4. The molecule has 25 heavy (non-hydrogen) atoms. The fraction of sp³-hybridized carbons (Fsp3) is 0.0588. The third kappa shape index (κ3) is 4.00. The summed E-state index contributed by atoms with van der Waals surface area (Å²) >= 11 is 7.28. The molecular formula is C17H12ClF2N3OS. The van der Waals surface area contributed by atoms with Crippen LogP contribution in [0.3, 0.4) is 0 Å². The lowest BCUT2D eigenvalue weighted by Crippen LogP contribution is -2.13. The van der Waals surface area contributed by atoms with Gasteiger partial charge in [0.1, 0.15) is 0 Å². The molecule has 3 rings (SSSR count). The molecule has 0 unspecified atom stereocenters. The van der Waals surface area contributed by atoms with Gasteiger partial charge in [0.25, 0.3) is 5.91 Å². The van der Waals surface area contributed by atoms with Crippen LogP contribution in [0.1, 0.15) is 10.4 Å². The molecule has 4 nitrogen and oxygen atoms in total. The number of hydrogen-bond donors (Lipinski definition) is 1. The molecule has 128 valence electrons. The molecule has 0 spiro atoms. The predicted octanol–water partition coefficient (Wildman–Crippen LogP) is 4.76. The van der Waals surface area contributed by atoms with Crippen LogP contribution in [0.5, 0.6) is 0 Å². The molecule has 0 fully saturated rings. The Labute approximate surface area is 151 Å². The lowest BCUT2D eigenvalue weighted by atomic mass is 10.2. The Hall–Kier alpha value is -2.38. The van der Waals surface area contributed by atoms with Crippen LogP contribution in [0.25, 0.3) is 0 Å². The van der Waals surface area contributed by atoms with E-state index in [1.807, 2.05) is 29.9 Å². The molecule has 8 heteroatoms. The van der Waals surface area contributed by atoms with E-state index in [-0.39, 0.29) is 10.6 Å². The van der Waals surface area contributed by atoms with Gasteiger partial charge in [0.2, 0.25) is 0 Å². The van der Waals surface area contributed by atoms with Crippen LogP contribution >= 0.6 is 23.4 Å². The molecule has 0 aliphatic rings. The summed E-state index contributed by atoms with van der Waals surface area (Å²) in [5.74, 6) is -2.85. The molecule has 1 heterocycles. The summed E-state index contributed by atoms with van der Waals surface area (Å²) in [7, 11) is 1.90. The summed E-state index contributed by atoms with van der Waals surface area (Å²) in [5.41, 5.74) is 0.377. The lowest BCUT2D eigenvalue weighted by molar-refractivity contribution is 0.102. The third-order valence-corrected chi connectivity index (χ3v) is 4.75. The number of aromatic nitrogens is 2. The summed E-state index contributed by atoms with van der Waals surface area (Å²) < 4.78 is 28.3. The van der Waals surface area contributed by atoms with Crippen LogP contribution in [-0.4, -0.2) is 15.5 Å². The molecule has 1 amide bonds. The number of carbonyl (C=O) groups is 1. The van der Waals surface area contributed by atoms with E-state index >= 15 is 0 Å². The van der Waals surface area contributed by atoms with Crippen LogP contribution in [-0.2, 0) is 7.05 Å². The van der Waals surface area contributed by atoms with Crippen molar-refractivity contribution >= 4 is 35.0 Å². The monoisotopic (exact) mass is 379 g/mol. The zero-order chi connectivity index (χ0) is 18.0. The minimum atomic E-state index is -1.13. The number of hydrogen-bond acceptors (Lipinski definition) is 3. The minimum absolute atomic E-state index is 0.132. The van der Waals surface area contributed by atoms with Crippen molar-refractivity contribution in [2.24, 2.45) is 7.05 Å². The van der Waals surface area contributed by atoms with E-state index in [4.69, 9.17) is 11.6 Å². The molecule has 0 aliphatic heterocycles. The van der Waals surface area contributed by atoms with Crippen LogP contribution in [0.15, 0.2) is 58.8 Å². The van der Waals surface area contributed by atoms with Gasteiger partial charge in [-0.05, 0) is 36.4 Å². The van der Waals surface area contributed by atoms with Gasteiger partial charge in [-0.2, -0.15) is 0 Å². The molecule has 1 aromatic heterocycles. The van der Waals surface area contributed by atoms with Gasteiger partial charge in [-0.25, -0.2) is 13.8 Å². The maximum atomic E-state index is 13.3. The highest BCUT2D eigenvalue weighted by molar-refractivity contribution is 7.99. The molecule has 0 radical (unpaired) electrons. The average Bonchev–Trinajstić information content (AvgIpc) is 2.97. The van der Waals surface area contributed by atoms with Crippen molar-refractivity contribution in [2.45, 2.75) is 10.1 Å². The van der Waals surface area contributed by atoms with Gasteiger partial charge in [0, 0.05) is 30.0 Å². The van der Waals surface area contributed by atoms with Crippen molar-refractivity contribution in [3.8, 4) is 0 Å². The molecule has 0 saturated carbocycles. The number of anilines is 1. The first-order chi connectivity index (χ1) is 11.9. The highest BCUT2D eigenvalue weighted by atomic mass is 35.5. The van der Waals surface area contributed by atoms with Crippen LogP contribution < -0.4 is 5.32 Å². The third-order valence-electron chi connectivity index (χ3n) is 3.35. The predicted molar refractivity (Wildman–Crippen MR) is 93.1 cm³/mol. The molecule has 1 N–H and O–H groups in total. The maximum absolute atomic E-state index is 13.3. The molecular weight excluding hydrogens is 368 g/mol. The second-order valence-corrected chi connectivity index (χ2v) is 6.60. The Morgan fingerprint density at radius 2 is 1.88 bits per heavy atom. The van der Waals surface area contributed by atoms with Gasteiger partial charge in [0.05, 0.1) is 10.6 Å². The normalized spacial score (nSPS) is 10.7. The SMILES string of the molecule is Cn1ccnc1Sc1ccc(NC(=O)c2cc(F)c(F)cc2Cl)cc1. The van der Waals surface area contributed by atoms with Crippen LogP contribution in [0.4, 0.5) is 14.5 Å². The van der Waals surface area contributed by atoms with Gasteiger partial charge < -0.3 is 9.88 Å². The molecule has 0 aliphatic carbocycles. The van der Waals surface area contributed by atoms with Crippen LogP contribution in [0.2, 0.25) is 5.02 Å². The molecule has 0 bridgehead atoms. The Balaban J connectivity index is 1.72. The van der Waals surface area contributed by atoms with Gasteiger partial charge in [-0.1, -0.05) is 23.4 Å². The molecule has 0 saturated heterocycles. The zero-order valence-electron chi connectivity index (χ0n) is 13.0. The number of halogens is 3. The molecule has 3 aromatic rings. The first-order valence-corrected chi connectivity index (χ1v) is 8.34. The van der Waals surface area contributed by atoms with Crippen molar-refractivity contribution in [1.82, 2.24) is 9.55 Å². The highest BCUT2D eigenvalue weighted by Gasteiger charge is 2.15. The summed E-state index contributed by atoms with van der Waals surface area (Å²) in [4.78, 5) is 17.3. The van der Waals surface area contributed by atoms with Gasteiger partial charge in [-0.15, -0.1) is 0 Å². The highest BCUT2D eigenvalue weighted by Crippen LogP contribution is 2.27. The maximum Gasteiger partial charge on any atom is 0.257 e. The van der Waals surface area contributed by atoms with Crippen molar-refractivity contribution in [1.29, 1.82) is 0 Å².